The molecule has 0 amide bonds. The molecule has 2 atom stereocenters. The van der Waals surface area contributed by atoms with E-state index in [-0.39, 0.29) is 0 Å². The van der Waals surface area contributed by atoms with Gasteiger partial charge in [-0.15, -0.1) is 0 Å². The molecule has 0 aliphatic carbocycles. The minimum absolute atomic E-state index is 0.742. The van der Waals surface area contributed by atoms with Crippen molar-refractivity contribution >= 4 is 6.34 Å². The second-order valence-corrected chi connectivity index (χ2v) is 3.67. The van der Waals surface area contributed by atoms with E-state index in [2.05, 4.69) is 43.8 Å². The van der Waals surface area contributed by atoms with Crippen LogP contribution in [0.25, 0.3) is 0 Å². The fourth-order valence-corrected chi connectivity index (χ4v) is 2.11. The van der Waals surface area contributed by atoms with Gasteiger partial charge in [-0.1, -0.05) is 13.8 Å². The highest BCUT2D eigenvalue weighted by Gasteiger charge is 2.28. The predicted molar refractivity (Wildman–Crippen MR) is 48.1 cm³/mol. The van der Waals surface area contributed by atoms with Gasteiger partial charge in [-0.25, -0.2) is 0 Å². The number of nitrogens with zero attached hydrogens (tertiary/aromatic N) is 2. The third-order valence-corrected chi connectivity index (χ3v) is 2.55. The van der Waals surface area contributed by atoms with Gasteiger partial charge in [-0.3, -0.25) is 9.48 Å². The Morgan fingerprint density at radius 3 is 2.73 bits per heavy atom. The van der Waals surface area contributed by atoms with E-state index >= 15 is 0 Å². The Kier molecular flexibility index (Phi) is 2.53. The van der Waals surface area contributed by atoms with E-state index in [0.29, 0.717) is 0 Å². The smallest absolute Gasteiger partial charge is 0.233 e. The van der Waals surface area contributed by atoms with Crippen LogP contribution in [-0.2, 0) is 0 Å². The van der Waals surface area contributed by atoms with E-state index in [9.17, 15) is 0 Å². The Morgan fingerprint density at radius 1 is 1.64 bits per heavy atom. The molecule has 0 saturated carbocycles. The summed E-state index contributed by atoms with van der Waals surface area (Å²) in [6.45, 7) is 5.79. The molecule has 0 N–H and O–H groups in total. The summed E-state index contributed by atoms with van der Waals surface area (Å²) < 4.78 is 2.26. The molecule has 0 spiro atoms. The van der Waals surface area contributed by atoms with Crippen molar-refractivity contribution in [2.24, 2.45) is 5.92 Å². The molecule has 0 fully saturated rings. The van der Waals surface area contributed by atoms with Gasteiger partial charge < -0.3 is 0 Å². The minimum Gasteiger partial charge on any atom is -0.271 e. The van der Waals surface area contributed by atoms with Crippen LogP contribution in [0.5, 0.6) is 0 Å². The van der Waals surface area contributed by atoms with Crippen LogP contribution in [0.4, 0.5) is 0 Å². The van der Waals surface area contributed by atoms with Crippen LogP contribution >= 0.6 is 0 Å². The Labute approximate surface area is 69.5 Å². The van der Waals surface area contributed by atoms with Crippen molar-refractivity contribution in [3.63, 3.8) is 0 Å². The number of hydrogen-bond acceptors (Lipinski definition) is 1. The minimum atomic E-state index is 0.742. The maximum Gasteiger partial charge on any atom is 0.233 e. The second-order valence-electron chi connectivity index (χ2n) is 3.67. The van der Waals surface area contributed by atoms with Crippen LogP contribution in [-0.4, -0.2) is 42.5 Å². The van der Waals surface area contributed by atoms with Crippen LogP contribution in [0.15, 0.2) is 0 Å². The molecular weight excluding hydrogens is 136 g/mol. The Morgan fingerprint density at radius 2 is 2.27 bits per heavy atom. The lowest BCUT2D eigenvalue weighted by molar-refractivity contribution is -0.513. The molecule has 2 nitrogen and oxygen atoms in total. The lowest BCUT2D eigenvalue weighted by Crippen LogP contribution is -2.45. The molecule has 64 valence electrons. The first kappa shape index (κ1) is 8.57. The quantitative estimate of drug-likeness (QED) is 0.512. The molecule has 0 aromatic rings. The standard InChI is InChI=1S/C9H19N2/c1-5-9-8(2)6-10(3)7-11(9)4/h7-9H,5-6H2,1-4H3/q+1. The molecule has 0 saturated heterocycles. The summed E-state index contributed by atoms with van der Waals surface area (Å²) in [4.78, 5) is 2.33. The molecule has 0 aromatic heterocycles. The number of hydrogen-bond donors (Lipinski definition) is 0. The Balaban J connectivity index is 2.69. The predicted octanol–water partition coefficient (Wildman–Crippen LogP) is 1.02. The normalized spacial score (nSPS) is 32.0. The molecule has 1 aliphatic rings. The summed E-state index contributed by atoms with van der Waals surface area (Å²) in [7, 11) is 4.30. The lowest BCUT2D eigenvalue weighted by atomic mass is 9.97. The first-order chi connectivity index (χ1) is 5.15. The summed E-state index contributed by atoms with van der Waals surface area (Å²) in [5, 5.41) is 0. The van der Waals surface area contributed by atoms with E-state index in [4.69, 9.17) is 0 Å². The zero-order valence-electron chi connectivity index (χ0n) is 8.04. The van der Waals surface area contributed by atoms with E-state index in [0.717, 1.165) is 12.0 Å². The van der Waals surface area contributed by atoms with Gasteiger partial charge in [0.2, 0.25) is 6.34 Å². The summed E-state index contributed by atoms with van der Waals surface area (Å²) in [5.74, 6) is 0.792. The third-order valence-electron chi connectivity index (χ3n) is 2.55. The molecular formula is C9H19N2+. The van der Waals surface area contributed by atoms with Crippen LogP contribution in [0.1, 0.15) is 20.3 Å². The van der Waals surface area contributed by atoms with Gasteiger partial charge in [-0.2, -0.15) is 0 Å². The van der Waals surface area contributed by atoms with Crippen molar-refractivity contribution in [3.8, 4) is 0 Å². The highest BCUT2D eigenvalue weighted by atomic mass is 15.2. The monoisotopic (exact) mass is 155 g/mol. The van der Waals surface area contributed by atoms with E-state index in [1.807, 2.05) is 0 Å². The highest BCUT2D eigenvalue weighted by molar-refractivity contribution is 5.49. The van der Waals surface area contributed by atoms with E-state index < -0.39 is 0 Å². The first-order valence-corrected chi connectivity index (χ1v) is 4.42. The van der Waals surface area contributed by atoms with Gasteiger partial charge in [0.15, 0.2) is 0 Å². The molecule has 1 rings (SSSR count). The van der Waals surface area contributed by atoms with Gasteiger partial charge >= 0.3 is 0 Å². The number of rotatable bonds is 1. The summed E-state index contributed by atoms with van der Waals surface area (Å²) in [6.07, 6.45) is 3.45. The molecule has 2 heteroatoms. The topological polar surface area (TPSA) is 6.25 Å². The fraction of sp³-hybridized carbons (Fsp3) is 0.889. The second kappa shape index (κ2) is 3.24. The molecule has 2 unspecified atom stereocenters. The van der Waals surface area contributed by atoms with Crippen LogP contribution in [0.2, 0.25) is 0 Å². The van der Waals surface area contributed by atoms with Crippen molar-refractivity contribution in [1.82, 2.24) is 4.90 Å². The summed E-state index contributed by atoms with van der Waals surface area (Å²) in [5.41, 5.74) is 0. The molecule has 11 heavy (non-hydrogen) atoms. The fourth-order valence-electron chi connectivity index (χ4n) is 2.11. The van der Waals surface area contributed by atoms with Crippen LogP contribution in [0, 0.1) is 5.92 Å². The van der Waals surface area contributed by atoms with Gasteiger partial charge in [0.05, 0.1) is 20.6 Å². The van der Waals surface area contributed by atoms with Gasteiger partial charge in [0.1, 0.15) is 6.04 Å². The molecule has 0 aromatic carbocycles. The maximum absolute atomic E-state index is 2.33. The average Bonchev–Trinajstić information content (AvgIpc) is 1.85. The third kappa shape index (κ3) is 1.73. The van der Waals surface area contributed by atoms with Crippen molar-refractivity contribution in [2.75, 3.05) is 20.6 Å². The summed E-state index contributed by atoms with van der Waals surface area (Å²) >= 11 is 0. The van der Waals surface area contributed by atoms with Crippen molar-refractivity contribution < 1.29 is 4.58 Å². The van der Waals surface area contributed by atoms with Crippen molar-refractivity contribution in [3.05, 3.63) is 0 Å². The highest BCUT2D eigenvalue weighted by Crippen LogP contribution is 2.15. The average molecular weight is 155 g/mol. The zero-order chi connectivity index (χ0) is 8.43. The van der Waals surface area contributed by atoms with Gasteiger partial charge in [0.25, 0.3) is 0 Å². The molecule has 1 aliphatic heterocycles. The van der Waals surface area contributed by atoms with E-state index in [1.165, 1.54) is 13.0 Å². The molecule has 0 radical (unpaired) electrons. The van der Waals surface area contributed by atoms with Crippen molar-refractivity contribution in [1.29, 1.82) is 0 Å². The van der Waals surface area contributed by atoms with Crippen LogP contribution < -0.4 is 0 Å². The van der Waals surface area contributed by atoms with E-state index in [1.54, 1.807) is 0 Å². The van der Waals surface area contributed by atoms with Gasteiger partial charge in [0, 0.05) is 5.92 Å². The van der Waals surface area contributed by atoms with Gasteiger partial charge in [-0.05, 0) is 6.42 Å². The summed E-state index contributed by atoms with van der Waals surface area (Å²) in [6, 6.07) is 0.742. The van der Waals surface area contributed by atoms with Crippen LogP contribution in [0.3, 0.4) is 0 Å². The SMILES string of the molecule is CCC1C(C)C[N+](C)=CN1C. The maximum atomic E-state index is 2.33. The zero-order valence-corrected chi connectivity index (χ0v) is 8.04. The first-order valence-electron chi connectivity index (χ1n) is 4.42. The largest absolute Gasteiger partial charge is 0.271 e. The molecule has 0 bridgehead atoms. The molecule has 1 heterocycles. The lowest BCUT2D eigenvalue weighted by Gasteiger charge is -2.29. The Hall–Kier alpha value is -0.530. The Bertz CT molecular complexity index is 163. The van der Waals surface area contributed by atoms with Crippen molar-refractivity contribution in [2.45, 2.75) is 26.3 Å².